The molecule has 0 bridgehead atoms. The molecule has 7 heteroatoms. The minimum absolute atomic E-state index is 0.131. The van der Waals surface area contributed by atoms with Crippen LogP contribution in [0.4, 0.5) is 27.5 Å². The summed E-state index contributed by atoms with van der Waals surface area (Å²) in [7, 11) is 2.14. The Hall–Kier alpha value is -3.06. The van der Waals surface area contributed by atoms with Gasteiger partial charge in [-0.3, -0.25) is 4.79 Å². The van der Waals surface area contributed by atoms with E-state index in [9.17, 15) is 9.59 Å². The average Bonchev–Trinajstić information content (AvgIpc) is 2.64. The number of nitrogens with one attached hydrogen (secondary N) is 3. The Morgan fingerprint density at radius 3 is 1.67 bits per heavy atom. The molecule has 2 aromatic rings. The minimum Gasteiger partial charge on any atom is -0.369 e. The Balaban J connectivity index is 1.52. The molecule has 142 valence electrons. The van der Waals surface area contributed by atoms with Gasteiger partial charge in [0, 0.05) is 55.9 Å². The lowest BCUT2D eigenvalue weighted by Crippen LogP contribution is -2.44. The third-order valence-corrected chi connectivity index (χ3v) is 4.46. The van der Waals surface area contributed by atoms with E-state index < -0.39 is 0 Å². The van der Waals surface area contributed by atoms with Crippen molar-refractivity contribution in [3.05, 3.63) is 48.5 Å². The fraction of sp³-hybridized carbons (Fsp3) is 0.300. The first-order valence-corrected chi connectivity index (χ1v) is 8.99. The van der Waals surface area contributed by atoms with Crippen molar-refractivity contribution in [2.75, 3.05) is 54.1 Å². The van der Waals surface area contributed by atoms with E-state index in [-0.39, 0.29) is 11.9 Å². The highest BCUT2D eigenvalue weighted by molar-refractivity contribution is 6.00. The van der Waals surface area contributed by atoms with Crippen molar-refractivity contribution in [2.24, 2.45) is 0 Å². The van der Waals surface area contributed by atoms with Crippen LogP contribution in [0.2, 0.25) is 0 Å². The summed E-state index contributed by atoms with van der Waals surface area (Å²) in [4.78, 5) is 27.8. The van der Waals surface area contributed by atoms with Crippen LogP contribution in [0, 0.1) is 0 Å². The summed E-state index contributed by atoms with van der Waals surface area (Å²) in [6.45, 7) is 5.59. The number of likely N-dealkylation sites (N-methyl/N-ethyl adjacent to an activating group) is 1. The summed E-state index contributed by atoms with van der Waals surface area (Å²) in [5.74, 6) is -0.131. The SMILES string of the molecule is CC(=O)Nc1ccc(NC(=O)Nc2ccc(N3CCN(C)CC3)cc2)cc1. The van der Waals surface area contributed by atoms with E-state index in [2.05, 4.69) is 32.8 Å². The largest absolute Gasteiger partial charge is 0.369 e. The highest BCUT2D eigenvalue weighted by Gasteiger charge is 2.14. The molecule has 3 N–H and O–H groups in total. The van der Waals surface area contributed by atoms with Crippen LogP contribution in [0.3, 0.4) is 0 Å². The van der Waals surface area contributed by atoms with Gasteiger partial charge in [-0.05, 0) is 55.6 Å². The number of piperazine rings is 1. The molecule has 0 atom stereocenters. The second-order valence-corrected chi connectivity index (χ2v) is 6.67. The van der Waals surface area contributed by atoms with Crippen molar-refractivity contribution in [1.82, 2.24) is 4.90 Å². The number of rotatable bonds is 4. The molecule has 0 spiro atoms. The van der Waals surface area contributed by atoms with Crippen LogP contribution in [-0.4, -0.2) is 50.1 Å². The van der Waals surface area contributed by atoms with Crippen LogP contribution < -0.4 is 20.9 Å². The van der Waals surface area contributed by atoms with Gasteiger partial charge in [0.25, 0.3) is 0 Å². The summed E-state index contributed by atoms with van der Waals surface area (Å²) < 4.78 is 0. The van der Waals surface area contributed by atoms with Gasteiger partial charge in [0.2, 0.25) is 5.91 Å². The van der Waals surface area contributed by atoms with Gasteiger partial charge in [-0.1, -0.05) is 0 Å². The van der Waals surface area contributed by atoms with Crippen molar-refractivity contribution in [3.63, 3.8) is 0 Å². The molecule has 0 aliphatic carbocycles. The van der Waals surface area contributed by atoms with Crippen molar-refractivity contribution in [1.29, 1.82) is 0 Å². The molecule has 3 amide bonds. The van der Waals surface area contributed by atoms with Gasteiger partial charge in [-0.25, -0.2) is 4.79 Å². The molecule has 0 radical (unpaired) electrons. The molecular formula is C20H25N5O2. The van der Waals surface area contributed by atoms with Crippen LogP contribution in [0.25, 0.3) is 0 Å². The average molecular weight is 367 g/mol. The molecule has 1 saturated heterocycles. The predicted octanol–water partition coefficient (Wildman–Crippen LogP) is 3.04. The summed E-state index contributed by atoms with van der Waals surface area (Å²) in [5.41, 5.74) is 3.24. The number of amides is 3. The molecule has 1 heterocycles. The summed E-state index contributed by atoms with van der Waals surface area (Å²) in [6.07, 6.45) is 0. The van der Waals surface area contributed by atoms with Gasteiger partial charge in [-0.2, -0.15) is 0 Å². The van der Waals surface area contributed by atoms with E-state index in [1.54, 1.807) is 24.3 Å². The van der Waals surface area contributed by atoms with Gasteiger partial charge >= 0.3 is 6.03 Å². The quantitative estimate of drug-likeness (QED) is 0.776. The van der Waals surface area contributed by atoms with E-state index in [1.807, 2.05) is 24.3 Å². The van der Waals surface area contributed by atoms with Crippen LogP contribution in [0.5, 0.6) is 0 Å². The second-order valence-electron chi connectivity index (χ2n) is 6.67. The van der Waals surface area contributed by atoms with Crippen LogP contribution in [0.1, 0.15) is 6.92 Å². The van der Waals surface area contributed by atoms with Crippen LogP contribution in [-0.2, 0) is 4.79 Å². The van der Waals surface area contributed by atoms with Gasteiger partial charge in [-0.15, -0.1) is 0 Å². The summed E-state index contributed by atoms with van der Waals surface area (Å²) in [5, 5.41) is 8.29. The van der Waals surface area contributed by atoms with E-state index in [4.69, 9.17) is 0 Å². The molecule has 0 saturated carbocycles. The lowest BCUT2D eigenvalue weighted by atomic mass is 10.2. The molecule has 2 aromatic carbocycles. The molecule has 0 aromatic heterocycles. The molecule has 27 heavy (non-hydrogen) atoms. The first-order valence-electron chi connectivity index (χ1n) is 8.99. The third kappa shape index (κ3) is 5.46. The van der Waals surface area contributed by atoms with Crippen LogP contribution >= 0.6 is 0 Å². The smallest absolute Gasteiger partial charge is 0.323 e. The maximum absolute atomic E-state index is 12.2. The predicted molar refractivity (Wildman–Crippen MR) is 110 cm³/mol. The zero-order valence-corrected chi connectivity index (χ0v) is 15.7. The van der Waals surface area contributed by atoms with Gasteiger partial charge in [0.1, 0.15) is 0 Å². The standard InChI is InChI=1S/C20H25N5O2/c1-15(26)21-16-3-5-17(6-4-16)22-20(27)23-18-7-9-19(10-8-18)25-13-11-24(2)12-14-25/h3-10H,11-14H2,1-2H3,(H,21,26)(H2,22,23,27). The first-order chi connectivity index (χ1) is 13.0. The molecule has 1 fully saturated rings. The number of hydrogen-bond acceptors (Lipinski definition) is 4. The lowest BCUT2D eigenvalue weighted by Gasteiger charge is -2.34. The molecule has 1 aliphatic heterocycles. The van der Waals surface area contributed by atoms with E-state index >= 15 is 0 Å². The topological polar surface area (TPSA) is 76.7 Å². The Kier molecular flexibility index (Phi) is 5.93. The summed E-state index contributed by atoms with van der Waals surface area (Å²) in [6, 6.07) is 14.5. The third-order valence-electron chi connectivity index (χ3n) is 4.46. The Morgan fingerprint density at radius 2 is 1.19 bits per heavy atom. The minimum atomic E-state index is -0.311. The number of carbonyl (C=O) groups excluding carboxylic acids is 2. The Bertz CT molecular complexity index is 781. The van der Waals surface area contributed by atoms with Gasteiger partial charge in [0.15, 0.2) is 0 Å². The van der Waals surface area contributed by atoms with Gasteiger partial charge in [0.05, 0.1) is 0 Å². The van der Waals surface area contributed by atoms with Crippen molar-refractivity contribution in [2.45, 2.75) is 6.92 Å². The highest BCUT2D eigenvalue weighted by Crippen LogP contribution is 2.20. The van der Waals surface area contributed by atoms with E-state index in [0.717, 1.165) is 31.9 Å². The van der Waals surface area contributed by atoms with Gasteiger partial charge < -0.3 is 25.8 Å². The Morgan fingerprint density at radius 1 is 0.741 bits per heavy atom. The zero-order chi connectivity index (χ0) is 19.2. The fourth-order valence-corrected chi connectivity index (χ4v) is 2.95. The number of carbonyl (C=O) groups is 2. The number of nitrogens with zero attached hydrogens (tertiary/aromatic N) is 2. The van der Waals surface area contributed by atoms with Crippen LogP contribution in [0.15, 0.2) is 48.5 Å². The van der Waals surface area contributed by atoms with Crippen molar-refractivity contribution < 1.29 is 9.59 Å². The number of urea groups is 1. The number of anilines is 4. The maximum atomic E-state index is 12.2. The fourth-order valence-electron chi connectivity index (χ4n) is 2.95. The number of hydrogen-bond donors (Lipinski definition) is 3. The first kappa shape index (κ1) is 18.7. The molecule has 0 unspecified atom stereocenters. The monoisotopic (exact) mass is 367 g/mol. The normalized spacial score (nSPS) is 14.5. The number of benzene rings is 2. The Labute approximate surface area is 159 Å². The lowest BCUT2D eigenvalue weighted by molar-refractivity contribution is -0.114. The maximum Gasteiger partial charge on any atom is 0.323 e. The zero-order valence-electron chi connectivity index (χ0n) is 15.7. The summed E-state index contributed by atoms with van der Waals surface area (Å²) >= 11 is 0. The van der Waals surface area contributed by atoms with E-state index in [1.165, 1.54) is 12.6 Å². The van der Waals surface area contributed by atoms with Crippen molar-refractivity contribution >= 4 is 34.7 Å². The molecule has 7 nitrogen and oxygen atoms in total. The molecular weight excluding hydrogens is 342 g/mol. The van der Waals surface area contributed by atoms with E-state index in [0.29, 0.717) is 11.4 Å². The highest BCUT2D eigenvalue weighted by atomic mass is 16.2. The van der Waals surface area contributed by atoms with Crippen molar-refractivity contribution in [3.8, 4) is 0 Å². The molecule has 1 aliphatic rings. The molecule has 3 rings (SSSR count). The second kappa shape index (κ2) is 8.55.